The summed E-state index contributed by atoms with van der Waals surface area (Å²) in [7, 11) is 0. The molecule has 1 fully saturated rings. The van der Waals surface area contributed by atoms with Crippen LogP contribution in [0.4, 0.5) is 0 Å². The zero-order valence-corrected chi connectivity index (χ0v) is 10.4. The number of ether oxygens (including phenoxy) is 1. The molecule has 0 aliphatic heterocycles. The molecule has 0 amide bonds. The minimum absolute atomic E-state index is 0.422. The molecule has 0 saturated heterocycles. The quantitative estimate of drug-likeness (QED) is 0.569. The summed E-state index contributed by atoms with van der Waals surface area (Å²) in [5.74, 6) is 0.647. The molecule has 1 saturated carbocycles. The third-order valence-electron chi connectivity index (χ3n) is 2.70. The van der Waals surface area contributed by atoms with E-state index >= 15 is 0 Å². The van der Waals surface area contributed by atoms with Crippen LogP contribution in [-0.2, 0) is 4.74 Å². The first-order chi connectivity index (χ1) is 5.61. The van der Waals surface area contributed by atoms with Crippen molar-refractivity contribution in [1.82, 2.24) is 0 Å². The van der Waals surface area contributed by atoms with Gasteiger partial charge in [0.2, 0.25) is 0 Å². The van der Waals surface area contributed by atoms with Crippen molar-refractivity contribution in [2.24, 2.45) is 5.92 Å². The van der Waals surface area contributed by atoms with Crippen LogP contribution >= 0.6 is 22.6 Å². The van der Waals surface area contributed by atoms with E-state index in [2.05, 4.69) is 43.4 Å². The van der Waals surface area contributed by atoms with Crippen molar-refractivity contribution in [3.8, 4) is 0 Å². The lowest BCUT2D eigenvalue weighted by atomic mass is 10.1. The molecule has 1 aliphatic carbocycles. The topological polar surface area (TPSA) is 9.23 Å². The second-order valence-electron chi connectivity index (χ2n) is 4.07. The number of hydrogen-bond acceptors (Lipinski definition) is 1. The van der Waals surface area contributed by atoms with Crippen LogP contribution in [0.2, 0.25) is 0 Å². The average molecular weight is 282 g/mol. The maximum Gasteiger partial charge on any atom is 0.0696 e. The summed E-state index contributed by atoms with van der Waals surface area (Å²) < 4.78 is 6.73. The van der Waals surface area contributed by atoms with Gasteiger partial charge in [-0.2, -0.15) is 0 Å². The fourth-order valence-electron chi connectivity index (χ4n) is 1.47. The van der Waals surface area contributed by atoms with Gasteiger partial charge in [0.25, 0.3) is 0 Å². The van der Waals surface area contributed by atoms with Crippen molar-refractivity contribution < 1.29 is 4.74 Å². The summed E-state index contributed by atoms with van der Waals surface area (Å²) in [4.78, 5) is 0. The lowest BCUT2D eigenvalue weighted by molar-refractivity contribution is -0.0168. The van der Waals surface area contributed by atoms with Gasteiger partial charge in [-0.15, -0.1) is 0 Å². The molecule has 0 heterocycles. The summed E-state index contributed by atoms with van der Waals surface area (Å²) in [6.07, 6.45) is 4.91. The summed E-state index contributed by atoms with van der Waals surface area (Å²) in [6, 6.07) is 0. The third kappa shape index (κ3) is 2.87. The van der Waals surface area contributed by atoms with E-state index in [9.17, 15) is 0 Å². The molecule has 0 radical (unpaired) electrons. The van der Waals surface area contributed by atoms with Crippen LogP contribution in [0.1, 0.15) is 40.0 Å². The van der Waals surface area contributed by atoms with Gasteiger partial charge in [0.15, 0.2) is 0 Å². The molecule has 0 aromatic carbocycles. The monoisotopic (exact) mass is 282 g/mol. The average Bonchev–Trinajstić information content (AvgIpc) is 2.36. The molecule has 1 nitrogen and oxygen atoms in total. The maximum atomic E-state index is 5.98. The Balaban J connectivity index is 2.30. The molecule has 2 heteroatoms. The summed E-state index contributed by atoms with van der Waals surface area (Å²) >= 11 is 2.53. The highest BCUT2D eigenvalue weighted by atomic mass is 127. The molecule has 1 aliphatic rings. The van der Waals surface area contributed by atoms with Crippen molar-refractivity contribution >= 4 is 22.6 Å². The van der Waals surface area contributed by atoms with Crippen LogP contribution in [0, 0.1) is 5.92 Å². The van der Waals surface area contributed by atoms with Gasteiger partial charge >= 0.3 is 0 Å². The van der Waals surface area contributed by atoms with E-state index in [1.54, 1.807) is 0 Å². The molecule has 3 unspecified atom stereocenters. The SMILES string of the molecule is CC(C)C(C)OC1CCCC1I. The van der Waals surface area contributed by atoms with Gasteiger partial charge in [-0.25, -0.2) is 0 Å². The van der Waals surface area contributed by atoms with Gasteiger partial charge in [0.1, 0.15) is 0 Å². The van der Waals surface area contributed by atoms with Crippen molar-refractivity contribution in [1.29, 1.82) is 0 Å². The Labute approximate surface area is 89.4 Å². The summed E-state index contributed by atoms with van der Waals surface area (Å²) in [6.45, 7) is 6.63. The van der Waals surface area contributed by atoms with Gasteiger partial charge in [-0.3, -0.25) is 0 Å². The van der Waals surface area contributed by atoms with Crippen LogP contribution in [0.25, 0.3) is 0 Å². The molecular formula is C10H19IO. The lowest BCUT2D eigenvalue weighted by Gasteiger charge is -2.23. The van der Waals surface area contributed by atoms with Gasteiger partial charge in [0.05, 0.1) is 12.2 Å². The first kappa shape index (κ1) is 10.8. The maximum absolute atomic E-state index is 5.98. The highest BCUT2D eigenvalue weighted by Crippen LogP contribution is 2.30. The van der Waals surface area contributed by atoms with Crippen LogP contribution < -0.4 is 0 Å². The van der Waals surface area contributed by atoms with E-state index in [1.165, 1.54) is 19.3 Å². The van der Waals surface area contributed by atoms with Gasteiger partial charge in [-0.05, 0) is 32.1 Å². The summed E-state index contributed by atoms with van der Waals surface area (Å²) in [5.41, 5.74) is 0. The molecule has 0 spiro atoms. The van der Waals surface area contributed by atoms with E-state index in [4.69, 9.17) is 4.74 Å². The van der Waals surface area contributed by atoms with Gasteiger partial charge in [-0.1, -0.05) is 36.4 Å². The molecule has 72 valence electrons. The Kier molecular flexibility index (Phi) is 4.30. The minimum atomic E-state index is 0.422. The lowest BCUT2D eigenvalue weighted by Crippen LogP contribution is -2.26. The standard InChI is InChI=1S/C10H19IO/c1-7(2)8(3)12-10-6-4-5-9(10)11/h7-10H,4-6H2,1-3H3. The Morgan fingerprint density at radius 1 is 1.25 bits per heavy atom. The number of rotatable bonds is 3. The van der Waals surface area contributed by atoms with E-state index in [0.29, 0.717) is 18.1 Å². The van der Waals surface area contributed by atoms with Crippen molar-refractivity contribution in [2.75, 3.05) is 0 Å². The predicted octanol–water partition coefficient (Wildman–Crippen LogP) is 3.40. The Hall–Kier alpha value is 0.690. The van der Waals surface area contributed by atoms with Crippen LogP contribution in [0.15, 0.2) is 0 Å². The highest BCUT2D eigenvalue weighted by Gasteiger charge is 2.27. The summed E-state index contributed by atoms with van der Waals surface area (Å²) in [5, 5.41) is 0. The Morgan fingerprint density at radius 2 is 1.92 bits per heavy atom. The van der Waals surface area contributed by atoms with Crippen molar-refractivity contribution in [3.05, 3.63) is 0 Å². The van der Waals surface area contributed by atoms with E-state index in [0.717, 1.165) is 3.92 Å². The van der Waals surface area contributed by atoms with E-state index in [1.807, 2.05) is 0 Å². The molecule has 0 aromatic rings. The molecule has 0 N–H and O–H groups in total. The second-order valence-corrected chi connectivity index (χ2v) is 5.67. The number of hydrogen-bond donors (Lipinski definition) is 0. The second kappa shape index (κ2) is 4.80. The van der Waals surface area contributed by atoms with E-state index in [-0.39, 0.29) is 0 Å². The van der Waals surface area contributed by atoms with Gasteiger partial charge in [0, 0.05) is 3.92 Å². The highest BCUT2D eigenvalue weighted by molar-refractivity contribution is 14.1. The molecule has 3 atom stereocenters. The minimum Gasteiger partial charge on any atom is -0.374 e. The number of halogens is 1. The Morgan fingerprint density at radius 3 is 2.33 bits per heavy atom. The smallest absolute Gasteiger partial charge is 0.0696 e. The molecular weight excluding hydrogens is 263 g/mol. The molecule has 0 aromatic heterocycles. The fourth-order valence-corrected chi connectivity index (χ4v) is 2.44. The fraction of sp³-hybridized carbons (Fsp3) is 1.00. The Bertz CT molecular complexity index is 136. The van der Waals surface area contributed by atoms with Crippen LogP contribution in [0.5, 0.6) is 0 Å². The zero-order chi connectivity index (χ0) is 9.14. The third-order valence-corrected chi connectivity index (χ3v) is 4.13. The largest absolute Gasteiger partial charge is 0.374 e. The van der Waals surface area contributed by atoms with Crippen molar-refractivity contribution in [3.63, 3.8) is 0 Å². The first-order valence-electron chi connectivity index (χ1n) is 4.90. The van der Waals surface area contributed by atoms with E-state index < -0.39 is 0 Å². The first-order valence-corrected chi connectivity index (χ1v) is 6.15. The van der Waals surface area contributed by atoms with Crippen LogP contribution in [0.3, 0.4) is 0 Å². The molecule has 0 bridgehead atoms. The molecule has 12 heavy (non-hydrogen) atoms. The molecule has 1 rings (SSSR count). The normalized spacial score (nSPS) is 32.8. The predicted molar refractivity (Wildman–Crippen MR) is 60.8 cm³/mol. The van der Waals surface area contributed by atoms with Crippen molar-refractivity contribution in [2.45, 2.75) is 56.2 Å². The number of alkyl halides is 1. The zero-order valence-electron chi connectivity index (χ0n) is 8.22. The van der Waals surface area contributed by atoms with Gasteiger partial charge < -0.3 is 4.74 Å². The van der Waals surface area contributed by atoms with Crippen LogP contribution in [-0.4, -0.2) is 16.1 Å².